The van der Waals surface area contributed by atoms with Crippen molar-refractivity contribution in [2.24, 2.45) is 16.8 Å². The topological polar surface area (TPSA) is 51.8 Å². The summed E-state index contributed by atoms with van der Waals surface area (Å²) in [6, 6.07) is 11.0. The molecule has 1 fully saturated rings. The molecule has 0 unspecified atom stereocenters. The van der Waals surface area contributed by atoms with Crippen molar-refractivity contribution in [3.05, 3.63) is 48.4 Å². The molecule has 0 saturated heterocycles. The molecule has 4 heteroatoms. The van der Waals surface area contributed by atoms with Crippen LogP contribution in [0, 0.1) is 11.8 Å². The number of unbranched alkanes of at least 4 members (excludes halogenated alkanes) is 4. The molecule has 0 atom stereocenters. The molecule has 4 nitrogen and oxygen atoms in total. The average molecular weight is 396 g/mol. The zero-order chi connectivity index (χ0) is 20.3. The van der Waals surface area contributed by atoms with Gasteiger partial charge in [-0.1, -0.05) is 45.4 Å². The van der Waals surface area contributed by atoms with Gasteiger partial charge in [0.1, 0.15) is 11.5 Å². The Hall–Kier alpha value is -2.36. The summed E-state index contributed by atoms with van der Waals surface area (Å²) in [6.07, 6.45) is 15.6. The van der Waals surface area contributed by atoms with Gasteiger partial charge < -0.3 is 9.15 Å². The van der Waals surface area contributed by atoms with Crippen LogP contribution >= 0.6 is 0 Å². The second kappa shape index (κ2) is 11.6. The van der Waals surface area contributed by atoms with Crippen molar-refractivity contribution < 1.29 is 13.9 Å². The molecule has 0 bridgehead atoms. The van der Waals surface area contributed by atoms with Gasteiger partial charge in [0.2, 0.25) is 0 Å². The Morgan fingerprint density at radius 2 is 1.83 bits per heavy atom. The van der Waals surface area contributed by atoms with Crippen molar-refractivity contribution in [3.63, 3.8) is 0 Å². The third-order valence-corrected chi connectivity index (χ3v) is 5.84. The Morgan fingerprint density at radius 1 is 1.07 bits per heavy atom. The summed E-state index contributed by atoms with van der Waals surface area (Å²) in [4.78, 5) is 16.9. The molecule has 0 N–H and O–H groups in total. The van der Waals surface area contributed by atoms with Crippen LogP contribution in [0.1, 0.15) is 76.9 Å². The van der Waals surface area contributed by atoms with E-state index in [9.17, 15) is 4.79 Å². The lowest BCUT2D eigenvalue weighted by atomic mass is 9.80. The minimum Gasteiger partial charge on any atom is -0.463 e. The van der Waals surface area contributed by atoms with E-state index in [4.69, 9.17) is 9.15 Å². The summed E-state index contributed by atoms with van der Waals surface area (Å²) in [6.45, 7) is 2.26. The van der Waals surface area contributed by atoms with Crippen LogP contribution in [0.3, 0.4) is 0 Å². The Morgan fingerprint density at radius 3 is 2.52 bits per heavy atom. The van der Waals surface area contributed by atoms with E-state index in [-0.39, 0.29) is 11.9 Å². The molecular formula is C25H33NO3. The van der Waals surface area contributed by atoms with Gasteiger partial charge in [-0.3, -0.25) is 9.79 Å². The van der Waals surface area contributed by atoms with Gasteiger partial charge in [0.05, 0.1) is 24.1 Å². The number of hydrogen-bond acceptors (Lipinski definition) is 4. The molecular weight excluding hydrogens is 362 g/mol. The maximum Gasteiger partial charge on any atom is 0.314 e. The molecule has 2 aromatic rings. The van der Waals surface area contributed by atoms with Crippen LogP contribution in [0.5, 0.6) is 5.75 Å². The Balaban J connectivity index is 1.38. The highest BCUT2D eigenvalue weighted by molar-refractivity contribution is 5.78. The third-order valence-electron chi connectivity index (χ3n) is 5.84. The first-order valence-electron chi connectivity index (χ1n) is 11.1. The summed E-state index contributed by atoms with van der Waals surface area (Å²) in [5.74, 6) is 2.05. The van der Waals surface area contributed by atoms with Crippen LogP contribution in [0.15, 0.2) is 52.1 Å². The molecule has 156 valence electrons. The first-order chi connectivity index (χ1) is 14.2. The second-order valence-electron chi connectivity index (χ2n) is 8.11. The Bertz CT molecular complexity index is 741. The van der Waals surface area contributed by atoms with Gasteiger partial charge in [0.25, 0.3) is 0 Å². The monoisotopic (exact) mass is 395 g/mol. The molecule has 0 aliphatic heterocycles. The Labute approximate surface area is 174 Å². The van der Waals surface area contributed by atoms with Gasteiger partial charge in [-0.15, -0.1) is 0 Å². The van der Waals surface area contributed by atoms with Crippen LogP contribution < -0.4 is 4.74 Å². The number of furan rings is 1. The van der Waals surface area contributed by atoms with E-state index in [1.165, 1.54) is 38.5 Å². The highest BCUT2D eigenvalue weighted by atomic mass is 16.5. The van der Waals surface area contributed by atoms with Gasteiger partial charge in [-0.25, -0.2) is 0 Å². The molecule has 0 spiro atoms. The van der Waals surface area contributed by atoms with Crippen LogP contribution in [-0.4, -0.2) is 12.2 Å². The van der Waals surface area contributed by atoms with Gasteiger partial charge in [0, 0.05) is 0 Å². The van der Waals surface area contributed by atoms with Gasteiger partial charge in [-0.2, -0.15) is 0 Å². The fourth-order valence-corrected chi connectivity index (χ4v) is 4.03. The van der Waals surface area contributed by atoms with Gasteiger partial charge >= 0.3 is 5.97 Å². The normalized spacial score (nSPS) is 19.5. The van der Waals surface area contributed by atoms with Crippen molar-refractivity contribution in [1.82, 2.24) is 0 Å². The molecule has 0 radical (unpaired) electrons. The van der Waals surface area contributed by atoms with E-state index in [1.807, 2.05) is 24.3 Å². The molecule has 29 heavy (non-hydrogen) atoms. The molecule has 1 heterocycles. The highest BCUT2D eigenvalue weighted by Gasteiger charge is 2.27. The summed E-state index contributed by atoms with van der Waals surface area (Å²) in [7, 11) is 0. The Kier molecular flexibility index (Phi) is 8.54. The number of esters is 1. The zero-order valence-electron chi connectivity index (χ0n) is 17.5. The quantitative estimate of drug-likeness (QED) is 0.186. The lowest BCUT2D eigenvalue weighted by molar-refractivity contribution is -0.140. The number of carbonyl (C=O) groups is 1. The number of ether oxygens (including phenoxy) is 1. The minimum atomic E-state index is -0.0850. The fraction of sp³-hybridized carbons (Fsp3) is 0.520. The molecule has 3 rings (SSSR count). The average Bonchev–Trinajstić information content (AvgIpc) is 3.27. The van der Waals surface area contributed by atoms with E-state index < -0.39 is 0 Å². The molecule has 1 saturated carbocycles. The smallest absolute Gasteiger partial charge is 0.314 e. The molecule has 0 amide bonds. The van der Waals surface area contributed by atoms with Gasteiger partial charge in [-0.05, 0) is 68.0 Å². The number of nitrogens with zero attached hydrogens (tertiary/aromatic N) is 1. The van der Waals surface area contributed by atoms with Crippen molar-refractivity contribution >= 4 is 17.9 Å². The molecule has 1 aliphatic carbocycles. The SMILES string of the molecule is CCCCCCCC1CCC(C(=O)Oc2ccc(N=Cc3ccco3)cc2)CC1. The number of aliphatic imine (C=N–C) groups is 1. The summed E-state index contributed by atoms with van der Waals surface area (Å²) < 4.78 is 10.8. The maximum absolute atomic E-state index is 12.5. The second-order valence-corrected chi connectivity index (χ2v) is 8.11. The van der Waals surface area contributed by atoms with E-state index in [0.717, 1.165) is 37.3 Å². The predicted octanol–water partition coefficient (Wildman–Crippen LogP) is 7.10. The van der Waals surface area contributed by atoms with Crippen LogP contribution in [0.2, 0.25) is 0 Å². The largest absolute Gasteiger partial charge is 0.463 e. The number of rotatable bonds is 10. The maximum atomic E-state index is 12.5. The third kappa shape index (κ3) is 7.19. The zero-order valence-corrected chi connectivity index (χ0v) is 17.5. The summed E-state index contributed by atoms with van der Waals surface area (Å²) in [5.41, 5.74) is 0.792. The lowest BCUT2D eigenvalue weighted by Crippen LogP contribution is -2.25. The standard InChI is InChI=1S/C25H33NO3/c1-2-3-4-5-6-8-20-10-12-21(13-11-20)25(27)29-23-16-14-22(15-17-23)26-19-24-9-7-18-28-24/h7,9,14-21H,2-6,8,10-13H2,1H3. The van der Waals surface area contributed by atoms with Crippen LogP contribution in [-0.2, 0) is 4.79 Å². The molecule has 1 aromatic heterocycles. The molecule has 1 aliphatic rings. The predicted molar refractivity (Wildman–Crippen MR) is 117 cm³/mol. The number of carbonyl (C=O) groups excluding carboxylic acids is 1. The van der Waals surface area contributed by atoms with Crippen molar-refractivity contribution in [3.8, 4) is 5.75 Å². The van der Waals surface area contributed by atoms with E-state index in [0.29, 0.717) is 11.5 Å². The summed E-state index contributed by atoms with van der Waals surface area (Å²) >= 11 is 0. The minimum absolute atomic E-state index is 0.0444. The van der Waals surface area contributed by atoms with Crippen LogP contribution in [0.4, 0.5) is 5.69 Å². The van der Waals surface area contributed by atoms with Crippen molar-refractivity contribution in [2.45, 2.75) is 71.1 Å². The van der Waals surface area contributed by atoms with E-state index in [2.05, 4.69) is 11.9 Å². The van der Waals surface area contributed by atoms with Crippen molar-refractivity contribution in [1.29, 1.82) is 0 Å². The lowest BCUT2D eigenvalue weighted by Gasteiger charge is -2.27. The fourth-order valence-electron chi connectivity index (χ4n) is 4.03. The van der Waals surface area contributed by atoms with E-state index >= 15 is 0 Å². The van der Waals surface area contributed by atoms with Crippen molar-refractivity contribution in [2.75, 3.05) is 0 Å². The summed E-state index contributed by atoms with van der Waals surface area (Å²) in [5, 5.41) is 0. The first kappa shape index (κ1) is 21.4. The molecule has 1 aromatic carbocycles. The first-order valence-corrected chi connectivity index (χ1v) is 11.1. The van der Waals surface area contributed by atoms with E-state index in [1.54, 1.807) is 24.6 Å². The van der Waals surface area contributed by atoms with Crippen LogP contribution in [0.25, 0.3) is 0 Å². The van der Waals surface area contributed by atoms with Gasteiger partial charge in [0.15, 0.2) is 0 Å². The highest BCUT2D eigenvalue weighted by Crippen LogP contribution is 2.33. The number of benzene rings is 1. The number of hydrogen-bond donors (Lipinski definition) is 0.